The van der Waals surface area contributed by atoms with Gasteiger partial charge in [0.1, 0.15) is 5.66 Å². The van der Waals surface area contributed by atoms with Gasteiger partial charge in [0, 0.05) is 11.8 Å². The zero-order chi connectivity index (χ0) is 19.3. The predicted octanol–water partition coefficient (Wildman–Crippen LogP) is 2.51. The van der Waals surface area contributed by atoms with Crippen molar-refractivity contribution in [1.82, 2.24) is 10.6 Å². The van der Waals surface area contributed by atoms with Crippen LogP contribution in [0.25, 0.3) is 0 Å². The maximum absolute atomic E-state index is 12.6. The minimum absolute atomic E-state index is 0.00761. The fourth-order valence-corrected chi connectivity index (χ4v) is 4.02. The van der Waals surface area contributed by atoms with Crippen molar-refractivity contribution < 1.29 is 19.1 Å². The van der Waals surface area contributed by atoms with Gasteiger partial charge in [-0.05, 0) is 66.7 Å². The topological polar surface area (TPSA) is 83.3 Å². The Kier molecular flexibility index (Phi) is 4.89. The summed E-state index contributed by atoms with van der Waals surface area (Å²) in [4.78, 5) is 25.1. The fourth-order valence-electron chi connectivity index (χ4n) is 4.02. The third-order valence-corrected chi connectivity index (χ3v) is 6.54. The van der Waals surface area contributed by atoms with Crippen LogP contribution in [0.4, 0.5) is 0 Å². The number of ether oxygens (including phenoxy) is 2. The Hall–Kier alpha value is -1.14. The zero-order valence-electron chi connectivity index (χ0n) is 17.0. The molecule has 2 amide bonds. The van der Waals surface area contributed by atoms with E-state index in [-0.39, 0.29) is 47.1 Å². The lowest BCUT2D eigenvalue weighted by molar-refractivity contribution is -0.130. The second-order valence-corrected chi connectivity index (χ2v) is 9.51. The largest absolute Gasteiger partial charge is 0.367 e. The molecular weight excluding hydrogens is 332 g/mol. The predicted molar refractivity (Wildman–Crippen MR) is 98.3 cm³/mol. The van der Waals surface area contributed by atoms with Gasteiger partial charge in [0.2, 0.25) is 11.8 Å². The Balaban J connectivity index is 1.43. The van der Waals surface area contributed by atoms with E-state index in [2.05, 4.69) is 31.4 Å². The molecule has 0 aromatic heterocycles. The third-order valence-electron chi connectivity index (χ3n) is 6.54. The van der Waals surface area contributed by atoms with Crippen LogP contribution in [0.2, 0.25) is 0 Å². The van der Waals surface area contributed by atoms with Crippen molar-refractivity contribution in [1.29, 1.82) is 0 Å². The SMILES string of the molecule is CC(CCC1(C)OC1C)C(=O)NC(C)(C)NC(=O)C1CCC2(C)OC2C1. The molecule has 1 aliphatic carbocycles. The van der Waals surface area contributed by atoms with E-state index in [1.165, 1.54) is 0 Å². The highest BCUT2D eigenvalue weighted by Gasteiger charge is 2.56. The van der Waals surface area contributed by atoms with Gasteiger partial charge in [0.25, 0.3) is 0 Å². The molecule has 3 rings (SSSR count). The molecule has 3 fully saturated rings. The first-order valence-corrected chi connectivity index (χ1v) is 9.94. The van der Waals surface area contributed by atoms with Crippen molar-refractivity contribution in [3.05, 3.63) is 0 Å². The van der Waals surface area contributed by atoms with Gasteiger partial charge in [-0.2, -0.15) is 0 Å². The molecule has 0 bridgehead atoms. The van der Waals surface area contributed by atoms with E-state index in [9.17, 15) is 9.59 Å². The van der Waals surface area contributed by atoms with E-state index in [0.29, 0.717) is 0 Å². The van der Waals surface area contributed by atoms with E-state index in [1.54, 1.807) is 0 Å². The van der Waals surface area contributed by atoms with Crippen molar-refractivity contribution in [2.75, 3.05) is 0 Å². The molecule has 6 nitrogen and oxygen atoms in total. The molecule has 26 heavy (non-hydrogen) atoms. The molecule has 6 unspecified atom stereocenters. The average molecular weight is 367 g/mol. The van der Waals surface area contributed by atoms with Crippen LogP contribution in [-0.4, -0.2) is 40.9 Å². The molecule has 3 aliphatic rings. The molecule has 148 valence electrons. The number of carbonyl (C=O) groups is 2. The van der Waals surface area contributed by atoms with Gasteiger partial charge < -0.3 is 20.1 Å². The summed E-state index contributed by atoms with van der Waals surface area (Å²) in [5.41, 5.74) is -0.825. The average Bonchev–Trinajstić information content (AvgIpc) is 3.38. The van der Waals surface area contributed by atoms with E-state index in [4.69, 9.17) is 9.47 Å². The van der Waals surface area contributed by atoms with E-state index < -0.39 is 5.66 Å². The number of carbonyl (C=O) groups excluding carboxylic acids is 2. The molecule has 0 aromatic rings. The monoisotopic (exact) mass is 366 g/mol. The fraction of sp³-hybridized carbons (Fsp3) is 0.900. The Morgan fingerprint density at radius 3 is 2.46 bits per heavy atom. The summed E-state index contributed by atoms with van der Waals surface area (Å²) in [6, 6.07) is 0. The number of amides is 2. The molecule has 2 saturated heterocycles. The summed E-state index contributed by atoms with van der Waals surface area (Å²) >= 11 is 0. The Morgan fingerprint density at radius 2 is 1.88 bits per heavy atom. The van der Waals surface area contributed by atoms with E-state index in [1.807, 2.05) is 20.8 Å². The highest BCUT2D eigenvalue weighted by Crippen LogP contribution is 2.49. The third kappa shape index (κ3) is 4.22. The van der Waals surface area contributed by atoms with Crippen molar-refractivity contribution in [3.63, 3.8) is 0 Å². The van der Waals surface area contributed by atoms with Gasteiger partial charge in [0.15, 0.2) is 0 Å². The van der Waals surface area contributed by atoms with Crippen molar-refractivity contribution in [2.45, 2.75) is 103 Å². The number of hydrogen-bond donors (Lipinski definition) is 2. The minimum Gasteiger partial charge on any atom is -0.367 e. The Bertz CT molecular complexity index is 592. The van der Waals surface area contributed by atoms with Crippen molar-refractivity contribution in [2.24, 2.45) is 11.8 Å². The molecule has 6 heteroatoms. The molecular formula is C20H34N2O4. The van der Waals surface area contributed by atoms with Crippen LogP contribution in [0, 0.1) is 11.8 Å². The van der Waals surface area contributed by atoms with Crippen LogP contribution in [0.15, 0.2) is 0 Å². The lowest BCUT2D eigenvalue weighted by Gasteiger charge is -2.32. The van der Waals surface area contributed by atoms with Gasteiger partial charge in [-0.3, -0.25) is 9.59 Å². The smallest absolute Gasteiger partial charge is 0.224 e. The van der Waals surface area contributed by atoms with Crippen LogP contribution >= 0.6 is 0 Å². The van der Waals surface area contributed by atoms with Gasteiger partial charge in [-0.25, -0.2) is 0 Å². The highest BCUT2D eigenvalue weighted by molar-refractivity contribution is 5.82. The highest BCUT2D eigenvalue weighted by atomic mass is 16.6. The van der Waals surface area contributed by atoms with E-state index >= 15 is 0 Å². The normalized spacial score (nSPS) is 39.5. The summed E-state index contributed by atoms with van der Waals surface area (Å²) in [5.74, 6) is -0.172. The molecule has 2 N–H and O–H groups in total. The molecule has 2 heterocycles. The summed E-state index contributed by atoms with van der Waals surface area (Å²) in [7, 11) is 0. The lowest BCUT2D eigenvalue weighted by Crippen LogP contribution is -2.58. The van der Waals surface area contributed by atoms with Gasteiger partial charge in [0.05, 0.1) is 23.4 Å². The van der Waals surface area contributed by atoms with Crippen molar-refractivity contribution in [3.8, 4) is 0 Å². The van der Waals surface area contributed by atoms with Crippen LogP contribution in [0.5, 0.6) is 0 Å². The number of epoxide rings is 2. The Labute approximate surface area is 156 Å². The maximum atomic E-state index is 12.6. The quantitative estimate of drug-likeness (QED) is 0.536. The second-order valence-electron chi connectivity index (χ2n) is 9.51. The maximum Gasteiger partial charge on any atom is 0.224 e. The lowest BCUT2D eigenvalue weighted by atomic mass is 9.82. The first kappa shape index (κ1) is 19.6. The number of nitrogens with one attached hydrogen (secondary N) is 2. The van der Waals surface area contributed by atoms with Crippen LogP contribution < -0.4 is 10.6 Å². The molecule has 1 saturated carbocycles. The Morgan fingerprint density at radius 1 is 1.23 bits per heavy atom. The zero-order valence-corrected chi connectivity index (χ0v) is 17.0. The first-order chi connectivity index (χ1) is 11.9. The molecule has 2 aliphatic heterocycles. The molecule has 0 radical (unpaired) electrons. The second kappa shape index (κ2) is 6.48. The molecule has 0 aromatic carbocycles. The summed E-state index contributed by atoms with van der Waals surface area (Å²) in [6.45, 7) is 11.9. The van der Waals surface area contributed by atoms with Crippen LogP contribution in [0.1, 0.15) is 73.6 Å². The van der Waals surface area contributed by atoms with Gasteiger partial charge >= 0.3 is 0 Å². The van der Waals surface area contributed by atoms with E-state index in [0.717, 1.165) is 32.1 Å². The first-order valence-electron chi connectivity index (χ1n) is 9.94. The van der Waals surface area contributed by atoms with Crippen molar-refractivity contribution >= 4 is 11.8 Å². The number of fused-ring (bicyclic) bond motifs is 1. The number of rotatable bonds is 7. The minimum atomic E-state index is -0.763. The van der Waals surface area contributed by atoms with Gasteiger partial charge in [-0.15, -0.1) is 0 Å². The standard InChI is InChI=1S/C20H34N2O4/c1-12(7-9-19(5)13(2)25-19)16(23)21-18(3,4)22-17(24)14-8-10-20(6)15(11-14)26-20/h12-15H,7-11H2,1-6H3,(H,21,23)(H,22,24). The van der Waals surface area contributed by atoms with Gasteiger partial charge in [-0.1, -0.05) is 6.92 Å². The molecule has 0 spiro atoms. The summed E-state index contributed by atoms with van der Waals surface area (Å²) in [5, 5.41) is 5.98. The summed E-state index contributed by atoms with van der Waals surface area (Å²) < 4.78 is 11.3. The van der Waals surface area contributed by atoms with Crippen LogP contribution in [-0.2, 0) is 19.1 Å². The van der Waals surface area contributed by atoms with Crippen LogP contribution in [0.3, 0.4) is 0 Å². The molecule has 6 atom stereocenters. The summed E-state index contributed by atoms with van der Waals surface area (Å²) in [6.07, 6.45) is 4.70. The number of hydrogen-bond acceptors (Lipinski definition) is 4.